The van der Waals surface area contributed by atoms with Crippen molar-refractivity contribution in [1.82, 2.24) is 0 Å². The highest BCUT2D eigenvalue weighted by Gasteiger charge is 2.39. The first-order chi connectivity index (χ1) is 6.33. The monoisotopic (exact) mass is 184 g/mol. The number of hydrogen-bond donors (Lipinski definition) is 1. The summed E-state index contributed by atoms with van der Waals surface area (Å²) in [6.07, 6.45) is 7.43. The zero-order valence-electron chi connectivity index (χ0n) is 8.41. The quantitative estimate of drug-likeness (QED) is 0.723. The minimum Gasteiger partial charge on any atom is -0.390 e. The van der Waals surface area contributed by atoms with Gasteiger partial charge < -0.3 is 9.84 Å². The predicted molar refractivity (Wildman–Crippen MR) is 51.5 cm³/mol. The third-order valence-electron chi connectivity index (χ3n) is 3.58. The molecule has 2 heteroatoms. The smallest absolute Gasteiger partial charge is 0.0860 e. The normalized spacial score (nSPS) is 29.1. The lowest BCUT2D eigenvalue weighted by atomic mass is 9.94. The van der Waals surface area contributed by atoms with Gasteiger partial charge in [-0.1, -0.05) is 12.8 Å². The van der Waals surface area contributed by atoms with Gasteiger partial charge in [-0.05, 0) is 37.5 Å². The first-order valence-electron chi connectivity index (χ1n) is 5.54. The predicted octanol–water partition coefficient (Wildman–Crippen LogP) is 1.96. The van der Waals surface area contributed by atoms with E-state index in [2.05, 4.69) is 0 Å². The summed E-state index contributed by atoms with van der Waals surface area (Å²) in [7, 11) is 1.74. The van der Waals surface area contributed by atoms with Crippen molar-refractivity contribution < 1.29 is 9.84 Å². The molecule has 2 nitrogen and oxygen atoms in total. The number of aliphatic hydroxyl groups is 1. The number of aliphatic hydroxyl groups excluding tert-OH is 1. The molecule has 0 bridgehead atoms. The lowest BCUT2D eigenvalue weighted by Gasteiger charge is -2.26. The Morgan fingerprint density at radius 3 is 2.15 bits per heavy atom. The third-order valence-corrected chi connectivity index (χ3v) is 3.58. The summed E-state index contributed by atoms with van der Waals surface area (Å²) in [6.45, 7) is 0. The van der Waals surface area contributed by atoms with Gasteiger partial charge in [0.25, 0.3) is 0 Å². The van der Waals surface area contributed by atoms with Crippen molar-refractivity contribution in [3.05, 3.63) is 0 Å². The Balaban J connectivity index is 1.88. The minimum atomic E-state index is -0.194. The molecule has 2 aliphatic rings. The molecule has 2 unspecified atom stereocenters. The lowest BCUT2D eigenvalue weighted by Crippen LogP contribution is -2.35. The standard InChI is InChI=1S/C11H20O2/c1-13-11(9-6-7-9)10(12)8-4-2-3-5-8/h8-12H,2-7H2,1H3. The molecule has 0 aromatic rings. The molecule has 2 rings (SSSR count). The van der Waals surface area contributed by atoms with E-state index in [1.54, 1.807) is 7.11 Å². The number of rotatable bonds is 4. The Bertz CT molecular complexity index is 159. The van der Waals surface area contributed by atoms with Gasteiger partial charge in [0.1, 0.15) is 0 Å². The number of methoxy groups -OCH3 is 1. The first kappa shape index (κ1) is 9.47. The van der Waals surface area contributed by atoms with E-state index in [-0.39, 0.29) is 12.2 Å². The van der Waals surface area contributed by atoms with Crippen LogP contribution in [0.15, 0.2) is 0 Å². The highest BCUT2D eigenvalue weighted by atomic mass is 16.5. The maximum absolute atomic E-state index is 10.1. The van der Waals surface area contributed by atoms with E-state index in [1.165, 1.54) is 38.5 Å². The van der Waals surface area contributed by atoms with Crippen molar-refractivity contribution in [3.8, 4) is 0 Å². The highest BCUT2D eigenvalue weighted by molar-refractivity contribution is 4.90. The van der Waals surface area contributed by atoms with Crippen LogP contribution in [0.3, 0.4) is 0 Å². The van der Waals surface area contributed by atoms with Gasteiger partial charge in [-0.25, -0.2) is 0 Å². The molecule has 0 heterocycles. The molecule has 2 fully saturated rings. The molecule has 0 saturated heterocycles. The summed E-state index contributed by atoms with van der Waals surface area (Å²) in [5.74, 6) is 1.17. The van der Waals surface area contributed by atoms with Gasteiger partial charge in [0.2, 0.25) is 0 Å². The molecule has 0 radical (unpaired) electrons. The van der Waals surface area contributed by atoms with Crippen LogP contribution in [-0.2, 0) is 4.74 Å². The van der Waals surface area contributed by atoms with Gasteiger partial charge in [0, 0.05) is 7.11 Å². The Hall–Kier alpha value is -0.0800. The molecule has 2 atom stereocenters. The zero-order chi connectivity index (χ0) is 9.26. The summed E-state index contributed by atoms with van der Waals surface area (Å²) >= 11 is 0. The van der Waals surface area contributed by atoms with Crippen molar-refractivity contribution in [3.63, 3.8) is 0 Å². The summed E-state index contributed by atoms with van der Waals surface area (Å²) < 4.78 is 5.40. The first-order valence-corrected chi connectivity index (χ1v) is 5.54. The molecule has 0 amide bonds. The topological polar surface area (TPSA) is 29.5 Å². The Morgan fingerprint density at radius 2 is 1.69 bits per heavy atom. The molecular formula is C11H20O2. The molecule has 76 valence electrons. The average Bonchev–Trinajstić information content (AvgIpc) is 2.83. The third kappa shape index (κ3) is 2.05. The lowest BCUT2D eigenvalue weighted by molar-refractivity contribution is -0.0512. The fourth-order valence-corrected chi connectivity index (χ4v) is 2.60. The zero-order valence-corrected chi connectivity index (χ0v) is 8.41. The maximum atomic E-state index is 10.1. The molecule has 2 aliphatic carbocycles. The molecule has 0 aromatic carbocycles. The van der Waals surface area contributed by atoms with Crippen molar-refractivity contribution in [2.24, 2.45) is 11.8 Å². The SMILES string of the molecule is COC(C1CC1)C(O)C1CCCC1. The van der Waals surface area contributed by atoms with E-state index in [0.717, 1.165) is 0 Å². The van der Waals surface area contributed by atoms with Crippen molar-refractivity contribution >= 4 is 0 Å². The van der Waals surface area contributed by atoms with E-state index in [9.17, 15) is 5.11 Å². The van der Waals surface area contributed by atoms with E-state index < -0.39 is 0 Å². The van der Waals surface area contributed by atoms with Crippen LogP contribution in [0.1, 0.15) is 38.5 Å². The fourth-order valence-electron chi connectivity index (χ4n) is 2.60. The highest BCUT2D eigenvalue weighted by Crippen LogP contribution is 2.39. The summed E-state index contributed by atoms with van der Waals surface area (Å²) in [5.41, 5.74) is 0. The average molecular weight is 184 g/mol. The van der Waals surface area contributed by atoms with Crippen LogP contribution in [0, 0.1) is 11.8 Å². The van der Waals surface area contributed by atoms with Crippen LogP contribution in [-0.4, -0.2) is 24.4 Å². The van der Waals surface area contributed by atoms with E-state index in [0.29, 0.717) is 11.8 Å². The van der Waals surface area contributed by atoms with Crippen LogP contribution in [0.25, 0.3) is 0 Å². The molecular weight excluding hydrogens is 164 g/mol. The maximum Gasteiger partial charge on any atom is 0.0860 e. The molecule has 1 N–H and O–H groups in total. The van der Waals surface area contributed by atoms with Gasteiger partial charge in [-0.3, -0.25) is 0 Å². The molecule has 13 heavy (non-hydrogen) atoms. The van der Waals surface area contributed by atoms with Gasteiger partial charge in [0.05, 0.1) is 12.2 Å². The van der Waals surface area contributed by atoms with E-state index in [1.807, 2.05) is 0 Å². The van der Waals surface area contributed by atoms with Crippen LogP contribution < -0.4 is 0 Å². The van der Waals surface area contributed by atoms with Crippen LogP contribution >= 0.6 is 0 Å². The van der Waals surface area contributed by atoms with Crippen molar-refractivity contribution in [2.75, 3.05) is 7.11 Å². The fraction of sp³-hybridized carbons (Fsp3) is 1.00. The van der Waals surface area contributed by atoms with Crippen molar-refractivity contribution in [1.29, 1.82) is 0 Å². The van der Waals surface area contributed by atoms with Crippen LogP contribution in [0.5, 0.6) is 0 Å². The van der Waals surface area contributed by atoms with E-state index in [4.69, 9.17) is 4.74 Å². The Morgan fingerprint density at radius 1 is 1.08 bits per heavy atom. The second-order valence-corrected chi connectivity index (χ2v) is 4.57. The van der Waals surface area contributed by atoms with Crippen molar-refractivity contribution in [2.45, 2.75) is 50.7 Å². The largest absolute Gasteiger partial charge is 0.390 e. The molecule has 0 spiro atoms. The van der Waals surface area contributed by atoms with Crippen LogP contribution in [0.4, 0.5) is 0 Å². The summed E-state index contributed by atoms with van der Waals surface area (Å²) in [6, 6.07) is 0. The molecule has 0 aliphatic heterocycles. The number of hydrogen-bond acceptors (Lipinski definition) is 2. The minimum absolute atomic E-state index is 0.128. The summed E-state index contributed by atoms with van der Waals surface area (Å²) in [5, 5.41) is 10.1. The van der Waals surface area contributed by atoms with Gasteiger partial charge in [0.15, 0.2) is 0 Å². The van der Waals surface area contributed by atoms with E-state index >= 15 is 0 Å². The second-order valence-electron chi connectivity index (χ2n) is 4.57. The Labute approximate surface area is 80.3 Å². The molecule has 0 aromatic heterocycles. The van der Waals surface area contributed by atoms with Crippen LogP contribution in [0.2, 0.25) is 0 Å². The van der Waals surface area contributed by atoms with Gasteiger partial charge in [-0.2, -0.15) is 0 Å². The second kappa shape index (κ2) is 3.97. The molecule has 2 saturated carbocycles. The number of ether oxygens (including phenoxy) is 1. The Kier molecular flexibility index (Phi) is 2.89. The van der Waals surface area contributed by atoms with Gasteiger partial charge in [-0.15, -0.1) is 0 Å². The van der Waals surface area contributed by atoms with Gasteiger partial charge >= 0.3 is 0 Å². The summed E-state index contributed by atoms with van der Waals surface area (Å²) in [4.78, 5) is 0.